The van der Waals surface area contributed by atoms with Crippen LogP contribution in [0.3, 0.4) is 0 Å². The third-order valence-corrected chi connectivity index (χ3v) is 4.40. The summed E-state index contributed by atoms with van der Waals surface area (Å²) in [5.41, 5.74) is 2.80. The van der Waals surface area contributed by atoms with Gasteiger partial charge in [-0.05, 0) is 6.07 Å². The van der Waals surface area contributed by atoms with Crippen LogP contribution in [0.25, 0.3) is 21.5 Å². The number of ether oxygens (including phenoxy) is 1. The Morgan fingerprint density at radius 3 is 2.96 bits per heavy atom. The monoisotopic (exact) mass is 336 g/mol. The van der Waals surface area contributed by atoms with Gasteiger partial charge >= 0.3 is 5.97 Å². The number of nitrogens with one attached hydrogen (secondary N) is 1. The number of fused-ring (bicyclic) bond motifs is 1. The van der Waals surface area contributed by atoms with Crippen molar-refractivity contribution in [2.75, 3.05) is 0 Å². The number of pyridine rings is 1. The fourth-order valence-electron chi connectivity index (χ4n) is 2.25. The van der Waals surface area contributed by atoms with Crippen LogP contribution < -0.4 is 0 Å². The summed E-state index contributed by atoms with van der Waals surface area (Å²) in [4.78, 5) is 20.7. The van der Waals surface area contributed by atoms with Gasteiger partial charge in [0.25, 0.3) is 0 Å². The van der Waals surface area contributed by atoms with Crippen molar-refractivity contribution < 1.29 is 9.53 Å². The number of carbonyl (C=O) groups excluding carboxylic acids is 1. The number of esters is 1. The van der Waals surface area contributed by atoms with Crippen LogP contribution in [0.15, 0.2) is 54.2 Å². The van der Waals surface area contributed by atoms with E-state index in [2.05, 4.69) is 20.2 Å². The summed E-state index contributed by atoms with van der Waals surface area (Å²) >= 11 is 1.52. The highest BCUT2D eigenvalue weighted by Crippen LogP contribution is 2.23. The van der Waals surface area contributed by atoms with Gasteiger partial charge < -0.3 is 4.74 Å². The number of thiazole rings is 1. The van der Waals surface area contributed by atoms with Crippen molar-refractivity contribution >= 4 is 28.2 Å². The van der Waals surface area contributed by atoms with E-state index >= 15 is 0 Å². The summed E-state index contributed by atoms with van der Waals surface area (Å²) in [6, 6.07) is 11.5. The average Bonchev–Trinajstić information content (AvgIpc) is 3.29. The molecule has 4 rings (SSSR count). The molecule has 0 saturated carbocycles. The predicted molar refractivity (Wildman–Crippen MR) is 90.6 cm³/mol. The highest BCUT2D eigenvalue weighted by molar-refractivity contribution is 7.13. The van der Waals surface area contributed by atoms with E-state index in [-0.39, 0.29) is 12.3 Å². The summed E-state index contributed by atoms with van der Waals surface area (Å²) in [5, 5.41) is 10.3. The Hall–Kier alpha value is -3.06. The molecule has 4 aromatic rings. The fourth-order valence-corrected chi connectivity index (χ4v) is 3.06. The molecule has 0 atom stereocenters. The van der Waals surface area contributed by atoms with Crippen LogP contribution in [-0.2, 0) is 11.3 Å². The van der Waals surface area contributed by atoms with Crippen molar-refractivity contribution in [1.29, 1.82) is 0 Å². The molecule has 3 heterocycles. The molecule has 0 bridgehead atoms. The molecular formula is C17H12N4O2S. The van der Waals surface area contributed by atoms with Crippen molar-refractivity contribution in [3.05, 3.63) is 65.6 Å². The summed E-state index contributed by atoms with van der Waals surface area (Å²) < 4.78 is 5.30. The molecule has 0 aliphatic carbocycles. The third kappa shape index (κ3) is 2.89. The number of H-pyrrole nitrogens is 1. The maximum Gasteiger partial charge on any atom is 0.357 e. The van der Waals surface area contributed by atoms with E-state index in [4.69, 9.17) is 4.74 Å². The van der Waals surface area contributed by atoms with Gasteiger partial charge in [-0.3, -0.25) is 5.10 Å². The van der Waals surface area contributed by atoms with E-state index in [1.807, 2.05) is 35.7 Å². The van der Waals surface area contributed by atoms with Gasteiger partial charge in [0.05, 0.1) is 23.6 Å². The summed E-state index contributed by atoms with van der Waals surface area (Å²) in [6.45, 7) is 0.118. The first kappa shape index (κ1) is 14.5. The van der Waals surface area contributed by atoms with Crippen molar-refractivity contribution in [3.8, 4) is 10.6 Å². The van der Waals surface area contributed by atoms with Gasteiger partial charge in [-0.25, -0.2) is 14.8 Å². The second-order valence-corrected chi connectivity index (χ2v) is 5.97. The molecule has 3 aromatic heterocycles. The van der Waals surface area contributed by atoms with Crippen molar-refractivity contribution in [2.45, 2.75) is 6.61 Å². The normalized spacial score (nSPS) is 10.8. The van der Waals surface area contributed by atoms with Crippen LogP contribution in [0, 0.1) is 0 Å². The minimum atomic E-state index is -0.479. The lowest BCUT2D eigenvalue weighted by atomic mass is 10.2. The van der Waals surface area contributed by atoms with Gasteiger partial charge in [0.1, 0.15) is 17.3 Å². The largest absolute Gasteiger partial charge is 0.454 e. The van der Waals surface area contributed by atoms with Gasteiger partial charge in [-0.2, -0.15) is 5.10 Å². The summed E-state index contributed by atoms with van der Waals surface area (Å²) in [7, 11) is 0. The number of carbonyl (C=O) groups is 1. The van der Waals surface area contributed by atoms with E-state index < -0.39 is 5.97 Å². The maximum atomic E-state index is 12.1. The van der Waals surface area contributed by atoms with Gasteiger partial charge in [0.2, 0.25) is 0 Å². The summed E-state index contributed by atoms with van der Waals surface area (Å²) in [6.07, 6.45) is 3.20. The molecule has 24 heavy (non-hydrogen) atoms. The molecule has 0 aliphatic heterocycles. The van der Waals surface area contributed by atoms with Crippen LogP contribution in [0.4, 0.5) is 0 Å². The van der Waals surface area contributed by atoms with Crippen molar-refractivity contribution in [3.63, 3.8) is 0 Å². The van der Waals surface area contributed by atoms with E-state index in [1.165, 1.54) is 11.3 Å². The smallest absolute Gasteiger partial charge is 0.357 e. The molecule has 0 amide bonds. The molecule has 1 N–H and O–H groups in total. The number of hydrogen-bond acceptors (Lipinski definition) is 6. The number of rotatable bonds is 4. The van der Waals surface area contributed by atoms with Gasteiger partial charge in [-0.1, -0.05) is 30.3 Å². The van der Waals surface area contributed by atoms with Crippen molar-refractivity contribution in [2.24, 2.45) is 0 Å². The van der Waals surface area contributed by atoms with Crippen LogP contribution in [-0.4, -0.2) is 26.1 Å². The Balaban J connectivity index is 1.45. The van der Waals surface area contributed by atoms with Crippen molar-refractivity contribution in [1.82, 2.24) is 20.2 Å². The minimum Gasteiger partial charge on any atom is -0.454 e. The number of hydrogen-bond donors (Lipinski definition) is 1. The van der Waals surface area contributed by atoms with Crippen LogP contribution >= 0.6 is 11.3 Å². The zero-order chi connectivity index (χ0) is 16.4. The van der Waals surface area contributed by atoms with Gasteiger partial charge in [0, 0.05) is 16.3 Å². The average molecular weight is 336 g/mol. The molecule has 6 nitrogen and oxygen atoms in total. The molecule has 0 fully saturated rings. The van der Waals surface area contributed by atoms with Crippen LogP contribution in [0.2, 0.25) is 0 Å². The molecule has 0 radical (unpaired) electrons. The number of aromatic amines is 1. The highest BCUT2D eigenvalue weighted by atomic mass is 32.1. The molecule has 1 aromatic carbocycles. The zero-order valence-corrected chi connectivity index (χ0v) is 13.3. The Kier molecular flexibility index (Phi) is 3.76. The highest BCUT2D eigenvalue weighted by Gasteiger charge is 2.12. The quantitative estimate of drug-likeness (QED) is 0.577. The van der Waals surface area contributed by atoms with Gasteiger partial charge in [-0.15, -0.1) is 11.3 Å². The first-order chi connectivity index (χ1) is 11.8. The topological polar surface area (TPSA) is 80.8 Å². The third-order valence-electron chi connectivity index (χ3n) is 3.46. The SMILES string of the molecule is O=C(OCc1csc(-c2ccccc2)n1)c1cc2cn[nH]c2cn1. The fraction of sp³-hybridized carbons (Fsp3) is 0.0588. The Morgan fingerprint density at radius 2 is 2.08 bits per heavy atom. The predicted octanol–water partition coefficient (Wildman–Crippen LogP) is 3.44. The Bertz CT molecular complexity index is 994. The molecule has 0 unspecified atom stereocenters. The standard InChI is InChI=1S/C17H12N4O2S/c22-17(14-6-12-7-19-21-15(12)8-18-14)23-9-13-10-24-16(20-13)11-4-2-1-3-5-11/h1-8,10H,9H2,(H,19,21). The molecular weight excluding hydrogens is 324 g/mol. The minimum absolute atomic E-state index is 0.118. The molecule has 7 heteroatoms. The van der Waals surface area contributed by atoms with Gasteiger partial charge in [0.15, 0.2) is 0 Å². The molecule has 0 saturated heterocycles. The second kappa shape index (κ2) is 6.21. The lowest BCUT2D eigenvalue weighted by Gasteiger charge is -2.02. The lowest BCUT2D eigenvalue weighted by molar-refractivity contribution is 0.0462. The maximum absolute atomic E-state index is 12.1. The zero-order valence-electron chi connectivity index (χ0n) is 12.5. The molecule has 0 aliphatic rings. The van der Waals surface area contributed by atoms with Crippen LogP contribution in [0.5, 0.6) is 0 Å². The first-order valence-electron chi connectivity index (χ1n) is 7.26. The number of aromatic nitrogens is 4. The second-order valence-electron chi connectivity index (χ2n) is 5.11. The van der Waals surface area contributed by atoms with Crippen LogP contribution in [0.1, 0.15) is 16.2 Å². The number of benzene rings is 1. The Labute approximate surface area is 141 Å². The lowest BCUT2D eigenvalue weighted by Crippen LogP contribution is -2.07. The molecule has 0 spiro atoms. The van der Waals surface area contributed by atoms with E-state index in [0.29, 0.717) is 0 Å². The van der Waals surface area contributed by atoms with E-state index in [1.54, 1.807) is 18.5 Å². The van der Waals surface area contributed by atoms with E-state index in [0.717, 1.165) is 27.2 Å². The first-order valence-corrected chi connectivity index (χ1v) is 8.13. The van der Waals surface area contributed by atoms with E-state index in [9.17, 15) is 4.79 Å². The summed E-state index contributed by atoms with van der Waals surface area (Å²) in [5.74, 6) is -0.479. The molecule has 118 valence electrons. The Morgan fingerprint density at radius 1 is 1.21 bits per heavy atom. The number of nitrogens with zero attached hydrogens (tertiary/aromatic N) is 3.